The van der Waals surface area contributed by atoms with Gasteiger partial charge in [-0.15, -0.1) is 11.3 Å². The van der Waals surface area contributed by atoms with E-state index in [1.807, 2.05) is 34.2 Å². The molecule has 0 saturated heterocycles. The van der Waals surface area contributed by atoms with Crippen LogP contribution in [0.4, 0.5) is 19.6 Å². The summed E-state index contributed by atoms with van der Waals surface area (Å²) in [4.78, 5) is 8.74. The van der Waals surface area contributed by atoms with Gasteiger partial charge in [-0.25, -0.2) is 18.7 Å². The topological polar surface area (TPSA) is 42.2 Å². The van der Waals surface area contributed by atoms with E-state index in [0.29, 0.717) is 10.8 Å². The van der Waals surface area contributed by atoms with Crippen molar-refractivity contribution in [2.45, 2.75) is 0 Å². The van der Waals surface area contributed by atoms with E-state index in [4.69, 9.17) is 0 Å². The van der Waals surface area contributed by atoms with Crippen LogP contribution < -0.4 is 5.32 Å². The third-order valence-corrected chi connectivity index (χ3v) is 4.11. The number of rotatable bonds is 3. The van der Waals surface area contributed by atoms with Crippen LogP contribution in [0, 0.1) is 11.6 Å². The molecule has 4 aromatic rings. The van der Waals surface area contributed by atoms with Gasteiger partial charge in [0, 0.05) is 17.6 Å². The van der Waals surface area contributed by atoms with Gasteiger partial charge in [0.1, 0.15) is 23.0 Å². The van der Waals surface area contributed by atoms with Crippen molar-refractivity contribution in [3.8, 4) is 11.4 Å². The van der Waals surface area contributed by atoms with Crippen LogP contribution in [-0.4, -0.2) is 14.4 Å². The van der Waals surface area contributed by atoms with Gasteiger partial charge in [-0.05, 0) is 24.3 Å². The molecule has 0 aliphatic carbocycles. The Kier molecular flexibility index (Phi) is 3.27. The van der Waals surface area contributed by atoms with Crippen LogP contribution in [0.15, 0.2) is 54.2 Å². The second-order valence-electron chi connectivity index (χ2n) is 4.86. The number of hydrogen-bond donors (Lipinski definition) is 1. The zero-order valence-electron chi connectivity index (χ0n) is 11.7. The van der Waals surface area contributed by atoms with E-state index in [1.165, 1.54) is 11.3 Å². The summed E-state index contributed by atoms with van der Waals surface area (Å²) >= 11 is 1.31. The first-order valence-electron chi connectivity index (χ1n) is 6.81. The summed E-state index contributed by atoms with van der Waals surface area (Å²) in [5.74, 6) is -1.04. The fourth-order valence-electron chi connectivity index (χ4n) is 2.28. The minimum Gasteiger partial charge on any atom is -0.329 e. The number of fused-ring (bicyclic) bond motifs is 1. The second kappa shape index (κ2) is 5.44. The SMILES string of the molecule is Fc1ccc(F)c(Nc2nc(-c3cnc4ccccn34)cs2)c1. The summed E-state index contributed by atoms with van der Waals surface area (Å²) in [6.45, 7) is 0. The molecule has 23 heavy (non-hydrogen) atoms. The molecule has 0 aliphatic rings. The lowest BCUT2D eigenvalue weighted by Crippen LogP contribution is -1.94. The van der Waals surface area contributed by atoms with E-state index in [-0.39, 0.29) is 5.69 Å². The predicted molar refractivity (Wildman–Crippen MR) is 85.9 cm³/mol. The number of hydrogen-bond acceptors (Lipinski definition) is 4. The smallest absolute Gasteiger partial charge is 0.187 e. The number of halogens is 2. The zero-order valence-corrected chi connectivity index (χ0v) is 12.5. The highest BCUT2D eigenvalue weighted by atomic mass is 32.1. The van der Waals surface area contributed by atoms with Gasteiger partial charge in [0.05, 0.1) is 17.6 Å². The highest BCUT2D eigenvalue weighted by Gasteiger charge is 2.11. The maximum Gasteiger partial charge on any atom is 0.187 e. The first-order valence-corrected chi connectivity index (χ1v) is 7.69. The fourth-order valence-corrected chi connectivity index (χ4v) is 3.00. The molecule has 0 saturated carbocycles. The number of benzene rings is 1. The van der Waals surface area contributed by atoms with Crippen LogP contribution >= 0.6 is 11.3 Å². The predicted octanol–water partition coefficient (Wildman–Crippen LogP) is 4.48. The van der Waals surface area contributed by atoms with Crippen LogP contribution in [0.1, 0.15) is 0 Å². The van der Waals surface area contributed by atoms with Gasteiger partial charge in [0.15, 0.2) is 5.13 Å². The summed E-state index contributed by atoms with van der Waals surface area (Å²) in [5, 5.41) is 5.13. The van der Waals surface area contributed by atoms with Gasteiger partial charge >= 0.3 is 0 Å². The quantitative estimate of drug-likeness (QED) is 0.603. The Hall–Kier alpha value is -2.80. The zero-order chi connectivity index (χ0) is 15.8. The Morgan fingerprint density at radius 1 is 1.13 bits per heavy atom. The molecule has 0 amide bonds. The number of anilines is 2. The molecule has 1 N–H and O–H groups in total. The number of thiazole rings is 1. The monoisotopic (exact) mass is 328 g/mol. The Bertz CT molecular complexity index is 993. The van der Waals surface area contributed by atoms with Crippen molar-refractivity contribution in [2.75, 3.05) is 5.32 Å². The fraction of sp³-hybridized carbons (Fsp3) is 0. The lowest BCUT2D eigenvalue weighted by atomic mass is 10.3. The largest absolute Gasteiger partial charge is 0.329 e. The number of imidazole rings is 1. The summed E-state index contributed by atoms with van der Waals surface area (Å²) in [7, 11) is 0. The van der Waals surface area contributed by atoms with Gasteiger partial charge in [-0.3, -0.25) is 4.40 Å². The molecule has 0 fully saturated rings. The molecule has 0 unspecified atom stereocenters. The molecule has 1 aromatic carbocycles. The summed E-state index contributed by atoms with van der Waals surface area (Å²) in [5.41, 5.74) is 2.43. The second-order valence-corrected chi connectivity index (χ2v) is 5.72. The van der Waals surface area contributed by atoms with Crippen molar-refractivity contribution in [1.82, 2.24) is 14.4 Å². The Labute approximate surface area is 134 Å². The molecule has 0 radical (unpaired) electrons. The van der Waals surface area contributed by atoms with Gasteiger partial charge in [0.2, 0.25) is 0 Å². The van der Waals surface area contributed by atoms with Crippen LogP contribution in [0.5, 0.6) is 0 Å². The summed E-state index contributed by atoms with van der Waals surface area (Å²) < 4.78 is 28.8. The normalized spacial score (nSPS) is 11.0. The van der Waals surface area contributed by atoms with Crippen molar-refractivity contribution in [2.24, 2.45) is 0 Å². The molecule has 114 valence electrons. The lowest BCUT2D eigenvalue weighted by Gasteiger charge is -2.03. The minimum absolute atomic E-state index is 0.0593. The van der Waals surface area contributed by atoms with Crippen LogP contribution in [0.3, 0.4) is 0 Å². The molecule has 0 atom stereocenters. The minimum atomic E-state index is -0.530. The third kappa shape index (κ3) is 2.55. The first kappa shape index (κ1) is 13.8. The van der Waals surface area contributed by atoms with E-state index in [0.717, 1.165) is 29.5 Å². The maximum absolute atomic E-state index is 13.7. The van der Waals surface area contributed by atoms with E-state index in [1.54, 1.807) is 6.20 Å². The molecule has 0 bridgehead atoms. The van der Waals surface area contributed by atoms with Crippen LogP contribution in [0.2, 0.25) is 0 Å². The van der Waals surface area contributed by atoms with Crippen molar-refractivity contribution < 1.29 is 8.78 Å². The Morgan fingerprint density at radius 2 is 2.04 bits per heavy atom. The molecule has 0 spiro atoms. The Balaban J connectivity index is 1.68. The number of pyridine rings is 1. The van der Waals surface area contributed by atoms with E-state index in [2.05, 4.69) is 15.3 Å². The van der Waals surface area contributed by atoms with Gasteiger partial charge in [0.25, 0.3) is 0 Å². The summed E-state index contributed by atoms with van der Waals surface area (Å²) in [6.07, 6.45) is 3.63. The standard InChI is InChI=1S/C16H10F2N4S/c17-10-4-5-11(18)12(7-10)20-16-21-13(9-23-16)14-8-19-15-3-1-2-6-22(14)15/h1-9H,(H,20,21). The van der Waals surface area contributed by atoms with Gasteiger partial charge in [-0.1, -0.05) is 6.07 Å². The lowest BCUT2D eigenvalue weighted by molar-refractivity contribution is 0.603. The highest BCUT2D eigenvalue weighted by Crippen LogP contribution is 2.28. The molecule has 4 nitrogen and oxygen atoms in total. The molecule has 3 heterocycles. The number of nitrogens with one attached hydrogen (secondary N) is 1. The molecule has 4 rings (SSSR count). The molecule has 0 aliphatic heterocycles. The third-order valence-electron chi connectivity index (χ3n) is 3.35. The highest BCUT2D eigenvalue weighted by molar-refractivity contribution is 7.14. The Morgan fingerprint density at radius 3 is 2.96 bits per heavy atom. The van der Waals surface area contributed by atoms with E-state index >= 15 is 0 Å². The van der Waals surface area contributed by atoms with Crippen LogP contribution in [-0.2, 0) is 0 Å². The van der Waals surface area contributed by atoms with Crippen molar-refractivity contribution in [3.63, 3.8) is 0 Å². The molecule has 7 heteroatoms. The van der Waals surface area contributed by atoms with Gasteiger partial charge < -0.3 is 5.32 Å². The molecular weight excluding hydrogens is 318 g/mol. The summed E-state index contributed by atoms with van der Waals surface area (Å²) in [6, 6.07) is 8.98. The molecular formula is C16H10F2N4S. The van der Waals surface area contributed by atoms with Crippen molar-refractivity contribution in [1.29, 1.82) is 0 Å². The number of nitrogens with zero attached hydrogens (tertiary/aromatic N) is 3. The maximum atomic E-state index is 13.7. The van der Waals surface area contributed by atoms with E-state index in [9.17, 15) is 8.78 Å². The first-order chi connectivity index (χ1) is 11.2. The molecule has 3 aromatic heterocycles. The van der Waals surface area contributed by atoms with Gasteiger partial charge in [-0.2, -0.15) is 0 Å². The van der Waals surface area contributed by atoms with Crippen molar-refractivity contribution in [3.05, 3.63) is 65.8 Å². The number of aromatic nitrogens is 3. The average molecular weight is 328 g/mol. The van der Waals surface area contributed by atoms with Crippen LogP contribution in [0.25, 0.3) is 17.0 Å². The average Bonchev–Trinajstić information content (AvgIpc) is 3.17. The van der Waals surface area contributed by atoms with Crippen molar-refractivity contribution >= 4 is 27.8 Å². The van der Waals surface area contributed by atoms with E-state index < -0.39 is 11.6 Å².